The minimum absolute atomic E-state index is 0.149. The van der Waals surface area contributed by atoms with Gasteiger partial charge in [0, 0.05) is 11.3 Å². The number of carbonyl (C=O) groups is 3. The molecule has 3 amide bonds. The first-order valence-electron chi connectivity index (χ1n) is 9.37. The Bertz CT molecular complexity index is 1090. The molecule has 0 spiro atoms. The summed E-state index contributed by atoms with van der Waals surface area (Å²) >= 11 is 0. The molecule has 0 unspecified atom stereocenters. The van der Waals surface area contributed by atoms with Gasteiger partial charge in [-0.2, -0.15) is 0 Å². The zero-order valence-corrected chi connectivity index (χ0v) is 16.3. The maximum absolute atomic E-state index is 13.3. The van der Waals surface area contributed by atoms with Crippen molar-refractivity contribution in [1.82, 2.24) is 4.90 Å². The van der Waals surface area contributed by atoms with Gasteiger partial charge in [0.25, 0.3) is 17.7 Å². The summed E-state index contributed by atoms with van der Waals surface area (Å²) in [6.45, 7) is 3.74. The molecule has 3 aromatic carbocycles. The lowest BCUT2D eigenvalue weighted by Crippen LogP contribution is -2.44. The van der Waals surface area contributed by atoms with E-state index in [0.29, 0.717) is 22.4 Å². The normalized spacial score (nSPS) is 12.8. The molecule has 3 aromatic rings. The highest BCUT2D eigenvalue weighted by Gasteiger charge is 2.37. The number of hydrogen-bond acceptors (Lipinski definition) is 3. The zero-order valence-electron chi connectivity index (χ0n) is 16.3. The van der Waals surface area contributed by atoms with Crippen molar-refractivity contribution in [3.63, 3.8) is 0 Å². The van der Waals surface area contributed by atoms with E-state index in [1.807, 2.05) is 38.1 Å². The summed E-state index contributed by atoms with van der Waals surface area (Å²) in [5, 5.41) is 0. The summed E-state index contributed by atoms with van der Waals surface area (Å²) in [7, 11) is 0. The van der Waals surface area contributed by atoms with Crippen LogP contribution in [0.1, 0.15) is 42.2 Å². The van der Waals surface area contributed by atoms with Gasteiger partial charge in [0.05, 0.1) is 11.1 Å². The highest BCUT2D eigenvalue weighted by atomic mass is 16.2. The minimum Gasteiger partial charge on any atom is -0.289 e. The van der Waals surface area contributed by atoms with E-state index in [1.165, 1.54) is 4.90 Å². The van der Waals surface area contributed by atoms with E-state index >= 15 is 0 Å². The summed E-state index contributed by atoms with van der Waals surface area (Å²) in [6, 6.07) is 21.3. The highest BCUT2D eigenvalue weighted by Crippen LogP contribution is 2.27. The molecule has 0 atom stereocenters. The van der Waals surface area contributed by atoms with E-state index < -0.39 is 0 Å². The molecule has 0 aliphatic carbocycles. The number of benzene rings is 3. The second kappa shape index (κ2) is 7.36. The Morgan fingerprint density at radius 2 is 1.41 bits per heavy atom. The van der Waals surface area contributed by atoms with Crippen LogP contribution in [0.3, 0.4) is 0 Å². The number of carbonyl (C=O) groups excluding carboxylic acids is 3. The topological polar surface area (TPSA) is 57.7 Å². The van der Waals surface area contributed by atoms with Crippen molar-refractivity contribution in [2.45, 2.75) is 13.8 Å². The number of rotatable bonds is 4. The molecule has 0 bridgehead atoms. The Balaban J connectivity index is 1.75. The Labute approximate surface area is 169 Å². The number of hydrogen-bond donors (Lipinski definition) is 0. The predicted octanol–water partition coefficient (Wildman–Crippen LogP) is 4.20. The van der Waals surface area contributed by atoms with Crippen LogP contribution in [-0.2, 0) is 0 Å². The van der Waals surface area contributed by atoms with Gasteiger partial charge < -0.3 is 0 Å². The molecule has 0 saturated carbocycles. The Kier molecular flexibility index (Phi) is 4.72. The lowest BCUT2D eigenvalue weighted by Gasteiger charge is -2.28. The summed E-state index contributed by atoms with van der Waals surface area (Å²) in [6.07, 6.45) is 0. The first kappa shape index (κ1) is 18.6. The van der Waals surface area contributed by atoms with Crippen molar-refractivity contribution in [1.29, 1.82) is 0 Å². The first-order chi connectivity index (χ1) is 14.0. The summed E-state index contributed by atoms with van der Waals surface area (Å²) in [5.74, 6) is -1.04. The molecule has 0 aromatic heterocycles. The van der Waals surface area contributed by atoms with E-state index in [2.05, 4.69) is 0 Å². The van der Waals surface area contributed by atoms with Gasteiger partial charge in [-0.15, -0.1) is 0 Å². The molecular weight excluding hydrogens is 364 g/mol. The number of anilines is 1. The first-order valence-corrected chi connectivity index (χ1v) is 9.37. The van der Waals surface area contributed by atoms with E-state index in [1.54, 1.807) is 48.5 Å². The molecule has 1 aliphatic rings. The van der Waals surface area contributed by atoms with Gasteiger partial charge in [-0.3, -0.25) is 24.2 Å². The van der Waals surface area contributed by atoms with Gasteiger partial charge in [0.2, 0.25) is 0 Å². The van der Waals surface area contributed by atoms with Crippen LogP contribution in [0.15, 0.2) is 72.8 Å². The van der Waals surface area contributed by atoms with Gasteiger partial charge >= 0.3 is 0 Å². The van der Waals surface area contributed by atoms with Gasteiger partial charge in [-0.05, 0) is 49.7 Å². The second-order valence-electron chi connectivity index (χ2n) is 7.11. The number of fused-ring (bicyclic) bond motifs is 1. The average molecular weight is 384 g/mol. The van der Waals surface area contributed by atoms with Crippen LogP contribution in [0.2, 0.25) is 0 Å². The van der Waals surface area contributed by atoms with E-state index in [9.17, 15) is 14.4 Å². The maximum atomic E-state index is 13.3. The molecule has 5 heteroatoms. The van der Waals surface area contributed by atoms with E-state index in [0.717, 1.165) is 16.0 Å². The third-order valence-electron chi connectivity index (χ3n) is 5.07. The molecule has 144 valence electrons. The van der Waals surface area contributed by atoms with Crippen molar-refractivity contribution in [3.8, 4) is 0 Å². The lowest BCUT2D eigenvalue weighted by atomic mass is 10.1. The van der Waals surface area contributed by atoms with Crippen molar-refractivity contribution >= 4 is 23.4 Å². The molecule has 4 rings (SSSR count). The minimum atomic E-state index is -0.388. The standard InChI is InChI=1S/C24H20N2O3/c1-16-12-13-21(17(2)14-16)25(22(27)18-8-4-3-5-9-18)15-26-23(28)19-10-6-7-11-20(19)24(26)29/h3-14H,15H2,1-2H3. The van der Waals surface area contributed by atoms with Crippen LogP contribution >= 0.6 is 0 Å². The van der Waals surface area contributed by atoms with Crippen molar-refractivity contribution in [3.05, 3.63) is 101 Å². The molecule has 1 aliphatic heterocycles. The molecule has 29 heavy (non-hydrogen) atoms. The van der Waals surface area contributed by atoms with E-state index in [-0.39, 0.29) is 24.4 Å². The molecule has 0 saturated heterocycles. The molecule has 0 radical (unpaired) electrons. The zero-order chi connectivity index (χ0) is 20.5. The number of aryl methyl sites for hydroxylation is 2. The largest absolute Gasteiger partial charge is 0.289 e. The van der Waals surface area contributed by atoms with Crippen LogP contribution < -0.4 is 4.90 Å². The van der Waals surface area contributed by atoms with E-state index in [4.69, 9.17) is 0 Å². The Morgan fingerprint density at radius 3 is 2.00 bits per heavy atom. The van der Waals surface area contributed by atoms with Crippen LogP contribution in [0.4, 0.5) is 5.69 Å². The SMILES string of the molecule is Cc1ccc(N(CN2C(=O)c3ccccc3C2=O)C(=O)c2ccccc2)c(C)c1. The van der Waals surface area contributed by atoms with Gasteiger partial charge in [0.15, 0.2) is 0 Å². The third-order valence-corrected chi connectivity index (χ3v) is 5.07. The number of amides is 3. The lowest BCUT2D eigenvalue weighted by molar-refractivity contribution is 0.0650. The van der Waals surface area contributed by atoms with Crippen LogP contribution in [0.25, 0.3) is 0 Å². The molecule has 0 N–H and O–H groups in total. The third kappa shape index (κ3) is 3.31. The smallest absolute Gasteiger partial charge is 0.263 e. The van der Waals surface area contributed by atoms with Gasteiger partial charge in [0.1, 0.15) is 6.67 Å². The van der Waals surface area contributed by atoms with Crippen molar-refractivity contribution in [2.24, 2.45) is 0 Å². The van der Waals surface area contributed by atoms with Gasteiger partial charge in [-0.25, -0.2) is 0 Å². The molecule has 1 heterocycles. The summed E-state index contributed by atoms with van der Waals surface area (Å²) in [5.41, 5.74) is 3.85. The molecule has 5 nitrogen and oxygen atoms in total. The van der Waals surface area contributed by atoms with Crippen molar-refractivity contribution in [2.75, 3.05) is 11.6 Å². The second-order valence-corrected chi connectivity index (χ2v) is 7.11. The average Bonchev–Trinajstić information content (AvgIpc) is 2.97. The van der Waals surface area contributed by atoms with Crippen LogP contribution in [-0.4, -0.2) is 29.3 Å². The monoisotopic (exact) mass is 384 g/mol. The van der Waals surface area contributed by atoms with Crippen molar-refractivity contribution < 1.29 is 14.4 Å². The Morgan fingerprint density at radius 1 is 0.828 bits per heavy atom. The fourth-order valence-electron chi connectivity index (χ4n) is 3.60. The quantitative estimate of drug-likeness (QED) is 0.634. The molecular formula is C24H20N2O3. The highest BCUT2D eigenvalue weighted by molar-refractivity contribution is 6.22. The van der Waals surface area contributed by atoms with Gasteiger partial charge in [-0.1, -0.05) is 48.0 Å². The molecule has 0 fully saturated rings. The van der Waals surface area contributed by atoms with Crippen LogP contribution in [0, 0.1) is 13.8 Å². The summed E-state index contributed by atoms with van der Waals surface area (Å²) < 4.78 is 0. The fourth-order valence-corrected chi connectivity index (χ4v) is 3.60. The number of nitrogens with zero attached hydrogens (tertiary/aromatic N) is 2. The predicted molar refractivity (Wildman–Crippen MR) is 111 cm³/mol. The Hall–Kier alpha value is -3.73. The van der Waals surface area contributed by atoms with Crippen LogP contribution in [0.5, 0.6) is 0 Å². The maximum Gasteiger partial charge on any atom is 0.263 e. The summed E-state index contributed by atoms with van der Waals surface area (Å²) in [4.78, 5) is 41.6. The number of imide groups is 1. The fraction of sp³-hybridized carbons (Fsp3) is 0.125.